The average Bonchev–Trinajstić information content (AvgIpc) is 2.91. The molecule has 3 nitrogen and oxygen atoms in total. The number of likely N-dealkylation sites (N-methyl/N-ethyl adjacent to an activating group) is 1. The number of imidazole rings is 1. The number of aromatic nitrogens is 2. The van der Waals surface area contributed by atoms with Crippen molar-refractivity contribution in [3.05, 3.63) is 18.2 Å². The Kier molecular flexibility index (Phi) is 5.30. The summed E-state index contributed by atoms with van der Waals surface area (Å²) in [5.74, 6) is -0.678. The van der Waals surface area contributed by atoms with Crippen LogP contribution in [0.3, 0.4) is 0 Å². The minimum Gasteiger partial charge on any atom is -0.335 e. The summed E-state index contributed by atoms with van der Waals surface area (Å²) in [6.45, 7) is 2.80. The van der Waals surface area contributed by atoms with E-state index in [0.29, 0.717) is 19.3 Å². The maximum atomic E-state index is 13.3. The van der Waals surface area contributed by atoms with Crippen LogP contribution in [0.2, 0.25) is 0 Å². The van der Waals surface area contributed by atoms with Gasteiger partial charge in [-0.3, -0.25) is 0 Å². The standard InChI is InChI=1S/C15H24F3N3/c1-3-21-9-8-20-14(21)10-13(19-2)11-6-4-5-7-12(11)15(16,17)18/h8-9,11-13,19H,3-7,10H2,1-2H3. The van der Waals surface area contributed by atoms with Crippen LogP contribution in [0.1, 0.15) is 38.4 Å². The fraction of sp³-hybridized carbons (Fsp3) is 0.800. The SMILES string of the molecule is CCn1ccnc1CC(NC)C1CCCCC1C(F)(F)F. The molecule has 1 heterocycles. The molecule has 3 unspecified atom stereocenters. The zero-order valence-electron chi connectivity index (χ0n) is 12.7. The molecule has 21 heavy (non-hydrogen) atoms. The molecule has 0 radical (unpaired) electrons. The first-order chi connectivity index (χ1) is 9.97. The number of aryl methyl sites for hydroxylation is 1. The highest BCUT2D eigenvalue weighted by atomic mass is 19.4. The van der Waals surface area contributed by atoms with Gasteiger partial charge >= 0.3 is 6.18 Å². The van der Waals surface area contributed by atoms with E-state index >= 15 is 0 Å². The van der Waals surface area contributed by atoms with Crippen molar-refractivity contribution < 1.29 is 13.2 Å². The van der Waals surface area contributed by atoms with Crippen molar-refractivity contribution >= 4 is 0 Å². The van der Waals surface area contributed by atoms with Crippen molar-refractivity contribution in [3.8, 4) is 0 Å². The normalized spacial score (nSPS) is 25.0. The fourth-order valence-corrected chi connectivity index (χ4v) is 3.53. The van der Waals surface area contributed by atoms with Crippen molar-refractivity contribution in [3.63, 3.8) is 0 Å². The second-order valence-electron chi connectivity index (χ2n) is 5.83. The van der Waals surface area contributed by atoms with E-state index in [2.05, 4.69) is 10.3 Å². The smallest absolute Gasteiger partial charge is 0.335 e. The third-order valence-electron chi connectivity index (χ3n) is 4.67. The first-order valence-corrected chi connectivity index (χ1v) is 7.71. The van der Waals surface area contributed by atoms with Crippen LogP contribution in [0.25, 0.3) is 0 Å². The highest BCUT2D eigenvalue weighted by Gasteiger charge is 2.47. The number of hydrogen-bond acceptors (Lipinski definition) is 2. The Hall–Kier alpha value is -1.04. The first kappa shape index (κ1) is 16.3. The van der Waals surface area contributed by atoms with Gasteiger partial charge in [0, 0.05) is 31.4 Å². The van der Waals surface area contributed by atoms with Crippen LogP contribution < -0.4 is 5.32 Å². The zero-order valence-corrected chi connectivity index (χ0v) is 12.7. The number of rotatable bonds is 5. The highest BCUT2D eigenvalue weighted by Crippen LogP contribution is 2.43. The lowest BCUT2D eigenvalue weighted by atomic mass is 9.74. The topological polar surface area (TPSA) is 29.9 Å². The van der Waals surface area contributed by atoms with Crippen LogP contribution in [0.15, 0.2) is 12.4 Å². The first-order valence-electron chi connectivity index (χ1n) is 7.71. The minimum atomic E-state index is -4.10. The summed E-state index contributed by atoms with van der Waals surface area (Å²) in [7, 11) is 1.76. The Morgan fingerprint density at radius 3 is 2.71 bits per heavy atom. The van der Waals surface area contributed by atoms with Gasteiger partial charge in [0.05, 0.1) is 5.92 Å². The van der Waals surface area contributed by atoms with Gasteiger partial charge in [-0.05, 0) is 32.7 Å². The molecule has 1 fully saturated rings. The predicted octanol–water partition coefficient (Wildman–Crippen LogP) is 3.40. The van der Waals surface area contributed by atoms with E-state index in [1.165, 1.54) is 0 Å². The van der Waals surface area contributed by atoms with Crippen LogP contribution >= 0.6 is 0 Å². The summed E-state index contributed by atoms with van der Waals surface area (Å²) >= 11 is 0. The van der Waals surface area contributed by atoms with Gasteiger partial charge in [0.25, 0.3) is 0 Å². The Labute approximate surface area is 123 Å². The summed E-state index contributed by atoms with van der Waals surface area (Å²) < 4.78 is 41.8. The van der Waals surface area contributed by atoms with Crippen LogP contribution in [0.5, 0.6) is 0 Å². The fourth-order valence-electron chi connectivity index (χ4n) is 3.53. The largest absolute Gasteiger partial charge is 0.392 e. The molecule has 1 aliphatic rings. The van der Waals surface area contributed by atoms with E-state index in [9.17, 15) is 13.2 Å². The second-order valence-corrected chi connectivity index (χ2v) is 5.83. The maximum Gasteiger partial charge on any atom is 0.392 e. The molecular formula is C15H24F3N3. The molecule has 3 atom stereocenters. The molecule has 0 saturated heterocycles. The Bertz CT molecular complexity index is 442. The zero-order chi connectivity index (χ0) is 15.5. The molecule has 1 aliphatic carbocycles. The van der Waals surface area contributed by atoms with Gasteiger partial charge in [-0.2, -0.15) is 13.2 Å². The molecule has 0 aromatic carbocycles. The van der Waals surface area contributed by atoms with E-state index in [0.717, 1.165) is 18.8 Å². The lowest BCUT2D eigenvalue weighted by Crippen LogP contribution is -2.46. The minimum absolute atomic E-state index is 0.176. The van der Waals surface area contributed by atoms with E-state index in [1.54, 1.807) is 13.2 Å². The number of nitrogens with zero attached hydrogens (tertiary/aromatic N) is 2. The van der Waals surface area contributed by atoms with E-state index < -0.39 is 12.1 Å². The summed E-state index contributed by atoms with van der Waals surface area (Å²) in [6, 6.07) is -0.176. The van der Waals surface area contributed by atoms with E-state index in [4.69, 9.17) is 0 Å². The van der Waals surface area contributed by atoms with Crippen LogP contribution in [-0.2, 0) is 13.0 Å². The van der Waals surface area contributed by atoms with E-state index in [-0.39, 0.29) is 18.4 Å². The van der Waals surface area contributed by atoms with Crippen molar-refractivity contribution in [2.45, 2.75) is 57.8 Å². The molecule has 1 N–H and O–H groups in total. The molecule has 2 rings (SSSR count). The van der Waals surface area contributed by atoms with Crippen molar-refractivity contribution in [2.75, 3.05) is 7.05 Å². The number of halogens is 3. The lowest BCUT2D eigenvalue weighted by molar-refractivity contribution is -0.199. The predicted molar refractivity (Wildman–Crippen MR) is 76.0 cm³/mol. The van der Waals surface area contributed by atoms with Crippen LogP contribution in [-0.4, -0.2) is 28.8 Å². The molecule has 120 valence electrons. The van der Waals surface area contributed by atoms with Gasteiger partial charge < -0.3 is 9.88 Å². The molecule has 0 aliphatic heterocycles. The van der Waals surface area contributed by atoms with Gasteiger partial charge in [0.1, 0.15) is 5.82 Å². The van der Waals surface area contributed by atoms with Crippen molar-refractivity contribution in [2.24, 2.45) is 11.8 Å². The molecule has 0 spiro atoms. The Morgan fingerprint density at radius 1 is 1.38 bits per heavy atom. The summed E-state index contributed by atoms with van der Waals surface area (Å²) in [5, 5.41) is 3.11. The molecule has 0 bridgehead atoms. The molecule has 1 aromatic heterocycles. The van der Waals surface area contributed by atoms with Gasteiger partial charge in [-0.1, -0.05) is 12.8 Å². The van der Waals surface area contributed by atoms with Gasteiger partial charge in [-0.15, -0.1) is 0 Å². The average molecular weight is 303 g/mol. The monoisotopic (exact) mass is 303 g/mol. The molecule has 0 amide bonds. The van der Waals surface area contributed by atoms with Gasteiger partial charge in [-0.25, -0.2) is 4.98 Å². The lowest BCUT2D eigenvalue weighted by Gasteiger charge is -2.38. The Balaban J connectivity index is 2.15. The quantitative estimate of drug-likeness (QED) is 0.903. The number of hydrogen-bond donors (Lipinski definition) is 1. The Morgan fingerprint density at radius 2 is 2.10 bits per heavy atom. The maximum absolute atomic E-state index is 13.3. The van der Waals surface area contributed by atoms with Gasteiger partial charge in [0.2, 0.25) is 0 Å². The van der Waals surface area contributed by atoms with Crippen molar-refractivity contribution in [1.82, 2.24) is 14.9 Å². The third kappa shape index (κ3) is 3.78. The van der Waals surface area contributed by atoms with Crippen LogP contribution in [0, 0.1) is 11.8 Å². The van der Waals surface area contributed by atoms with Crippen molar-refractivity contribution in [1.29, 1.82) is 0 Å². The number of alkyl halides is 3. The van der Waals surface area contributed by atoms with E-state index in [1.807, 2.05) is 17.7 Å². The molecule has 1 saturated carbocycles. The summed E-state index contributed by atoms with van der Waals surface area (Å²) in [6.07, 6.45) is 2.52. The summed E-state index contributed by atoms with van der Waals surface area (Å²) in [4.78, 5) is 4.30. The summed E-state index contributed by atoms with van der Waals surface area (Å²) in [5.41, 5.74) is 0. The van der Waals surface area contributed by atoms with Crippen LogP contribution in [0.4, 0.5) is 13.2 Å². The molecular weight excluding hydrogens is 279 g/mol. The molecule has 6 heteroatoms. The second kappa shape index (κ2) is 6.81. The third-order valence-corrected chi connectivity index (χ3v) is 4.67. The molecule has 1 aromatic rings. The van der Waals surface area contributed by atoms with Gasteiger partial charge in [0.15, 0.2) is 0 Å². The number of nitrogens with one attached hydrogen (secondary N) is 1. The highest BCUT2D eigenvalue weighted by molar-refractivity contribution is 4.99.